The maximum absolute atomic E-state index is 9.79. The normalized spacial score (nSPS) is 13.4. The van der Waals surface area contributed by atoms with E-state index in [0.717, 1.165) is 0 Å². The molecule has 0 aliphatic rings. The zero-order chi connectivity index (χ0) is 5.86. The van der Waals surface area contributed by atoms with Crippen molar-refractivity contribution in [1.29, 1.82) is 0 Å². The van der Waals surface area contributed by atoms with E-state index in [1.54, 1.807) is 0 Å². The van der Waals surface area contributed by atoms with E-state index in [9.17, 15) is 4.79 Å². The first-order chi connectivity index (χ1) is 3.18. The van der Waals surface area contributed by atoms with E-state index in [1.807, 2.05) is 22.6 Å². The van der Waals surface area contributed by atoms with Crippen LogP contribution in [0.1, 0.15) is 0 Å². The fourth-order valence-electron chi connectivity index (χ4n) is 0.0660. The van der Waals surface area contributed by atoms with Crippen LogP contribution in [0.15, 0.2) is 0 Å². The first-order valence-corrected chi connectivity index (χ1v) is 3.57. The van der Waals surface area contributed by atoms with Crippen LogP contribution in [0.25, 0.3) is 0 Å². The first kappa shape index (κ1) is 7.49. The van der Waals surface area contributed by atoms with Crippen molar-refractivity contribution in [1.82, 2.24) is 0 Å². The molecule has 0 spiro atoms. The lowest BCUT2D eigenvalue weighted by molar-refractivity contribution is -0.136. The van der Waals surface area contributed by atoms with Gasteiger partial charge in [-0.05, 0) is 0 Å². The average molecular weight is 234 g/mol. The number of hydrogen-bond acceptors (Lipinski definition) is 1. The van der Waals surface area contributed by atoms with E-state index in [2.05, 4.69) is 0 Å². The Hall–Kier alpha value is 0.490. The van der Waals surface area contributed by atoms with Crippen LogP contribution < -0.4 is 0 Å². The van der Waals surface area contributed by atoms with Crippen molar-refractivity contribution >= 4 is 40.2 Å². The molecule has 1 N–H and O–H groups in total. The molecule has 7 heavy (non-hydrogen) atoms. The summed E-state index contributed by atoms with van der Waals surface area (Å²) in [7, 11) is 0. The molecule has 0 bridgehead atoms. The zero-order valence-electron chi connectivity index (χ0n) is 3.40. The quantitative estimate of drug-likeness (QED) is 0.574. The van der Waals surface area contributed by atoms with Gasteiger partial charge in [0.25, 0.3) is 0 Å². The summed E-state index contributed by atoms with van der Waals surface area (Å²) in [4.78, 5) is 9.79. The standard InChI is InChI=1S/C3H4ClIO2/c4-2(1-5)3(6)7/h2H,1H2,(H,6,7). The van der Waals surface area contributed by atoms with Gasteiger partial charge in [0.2, 0.25) is 0 Å². The first-order valence-electron chi connectivity index (χ1n) is 1.61. The van der Waals surface area contributed by atoms with Gasteiger partial charge in [-0.15, -0.1) is 11.6 Å². The summed E-state index contributed by atoms with van der Waals surface area (Å²) in [5, 5.41) is 7.32. The van der Waals surface area contributed by atoms with E-state index in [4.69, 9.17) is 16.7 Å². The van der Waals surface area contributed by atoms with E-state index >= 15 is 0 Å². The van der Waals surface area contributed by atoms with E-state index < -0.39 is 11.3 Å². The number of hydrogen-bond donors (Lipinski definition) is 1. The lowest BCUT2D eigenvalue weighted by Gasteiger charge is -1.92. The van der Waals surface area contributed by atoms with Crippen molar-refractivity contribution in [2.45, 2.75) is 5.38 Å². The Bertz CT molecular complexity index is 75.3. The highest BCUT2D eigenvalue weighted by Crippen LogP contribution is 1.99. The minimum Gasteiger partial charge on any atom is -0.480 e. The molecule has 4 heteroatoms. The van der Waals surface area contributed by atoms with Gasteiger partial charge in [0.1, 0.15) is 5.38 Å². The van der Waals surface area contributed by atoms with Crippen LogP contribution in [0.3, 0.4) is 0 Å². The molecule has 2 nitrogen and oxygen atoms in total. The zero-order valence-corrected chi connectivity index (χ0v) is 6.31. The second-order valence-electron chi connectivity index (χ2n) is 0.960. The third kappa shape index (κ3) is 3.11. The molecule has 0 fully saturated rings. The molecular weight excluding hydrogens is 230 g/mol. The molecule has 0 heterocycles. The summed E-state index contributed by atoms with van der Waals surface area (Å²) in [6.45, 7) is 0. The molecule has 1 atom stereocenters. The van der Waals surface area contributed by atoms with Gasteiger partial charge in [0.15, 0.2) is 0 Å². The van der Waals surface area contributed by atoms with Gasteiger partial charge < -0.3 is 5.11 Å². The van der Waals surface area contributed by atoms with Crippen LogP contribution in [0.5, 0.6) is 0 Å². The SMILES string of the molecule is O=C(O)C(Cl)CI. The number of aliphatic carboxylic acids is 1. The van der Waals surface area contributed by atoms with Gasteiger partial charge in [0, 0.05) is 4.43 Å². The van der Waals surface area contributed by atoms with Crippen molar-refractivity contribution in [2.24, 2.45) is 0 Å². The minimum absolute atomic E-state index is 0.453. The molecule has 0 aromatic rings. The van der Waals surface area contributed by atoms with Crippen molar-refractivity contribution in [3.63, 3.8) is 0 Å². The molecule has 0 saturated carbocycles. The molecule has 0 radical (unpaired) electrons. The van der Waals surface area contributed by atoms with Gasteiger partial charge in [-0.3, -0.25) is 4.79 Å². The monoisotopic (exact) mass is 234 g/mol. The summed E-state index contributed by atoms with van der Waals surface area (Å²) in [5.74, 6) is -0.948. The van der Waals surface area contributed by atoms with Crippen LogP contribution in [0.4, 0.5) is 0 Å². The molecular formula is C3H4ClIO2. The van der Waals surface area contributed by atoms with Gasteiger partial charge in [0.05, 0.1) is 0 Å². The molecule has 42 valence electrons. The Kier molecular flexibility index (Phi) is 3.73. The third-order valence-electron chi connectivity index (χ3n) is 0.403. The van der Waals surface area contributed by atoms with Gasteiger partial charge in [-0.1, -0.05) is 22.6 Å². The van der Waals surface area contributed by atoms with Crippen LogP contribution in [0, 0.1) is 0 Å². The smallest absolute Gasteiger partial charge is 0.322 e. The van der Waals surface area contributed by atoms with Crippen LogP contribution in [-0.2, 0) is 4.79 Å². The van der Waals surface area contributed by atoms with E-state index in [1.165, 1.54) is 0 Å². The fraction of sp³-hybridized carbons (Fsp3) is 0.667. The Labute approximate surface area is 60.0 Å². The van der Waals surface area contributed by atoms with Crippen LogP contribution in [0.2, 0.25) is 0 Å². The number of rotatable bonds is 2. The molecule has 0 aliphatic heterocycles. The van der Waals surface area contributed by atoms with E-state index in [-0.39, 0.29) is 0 Å². The summed E-state index contributed by atoms with van der Waals surface area (Å²) in [5.41, 5.74) is 0. The molecule has 1 unspecified atom stereocenters. The van der Waals surface area contributed by atoms with Crippen molar-refractivity contribution in [3.05, 3.63) is 0 Å². The number of carboxylic acids is 1. The summed E-state index contributed by atoms with van der Waals surface area (Å²) in [6.07, 6.45) is 0. The summed E-state index contributed by atoms with van der Waals surface area (Å²) in [6, 6.07) is 0. The van der Waals surface area contributed by atoms with Crippen molar-refractivity contribution < 1.29 is 9.90 Å². The highest BCUT2D eigenvalue weighted by atomic mass is 127. The summed E-state index contributed by atoms with van der Waals surface area (Å²) >= 11 is 7.11. The fourth-order valence-corrected chi connectivity index (χ4v) is 0.443. The second kappa shape index (κ2) is 3.49. The predicted molar refractivity (Wildman–Crippen MR) is 36.2 cm³/mol. The topological polar surface area (TPSA) is 37.3 Å². The number of alkyl halides is 2. The maximum atomic E-state index is 9.79. The minimum atomic E-state index is -0.948. The van der Waals surface area contributed by atoms with Crippen molar-refractivity contribution in [3.8, 4) is 0 Å². The highest BCUT2D eigenvalue weighted by Gasteiger charge is 2.09. The Morgan fingerprint density at radius 2 is 2.43 bits per heavy atom. The molecule has 0 amide bonds. The predicted octanol–water partition coefficient (Wildman–Crippen LogP) is 1.11. The highest BCUT2D eigenvalue weighted by molar-refractivity contribution is 14.1. The van der Waals surface area contributed by atoms with Gasteiger partial charge in [-0.2, -0.15) is 0 Å². The van der Waals surface area contributed by atoms with Crippen molar-refractivity contribution in [2.75, 3.05) is 4.43 Å². The van der Waals surface area contributed by atoms with Crippen LogP contribution in [-0.4, -0.2) is 20.9 Å². The average Bonchev–Trinajstić information content (AvgIpc) is 1.65. The maximum Gasteiger partial charge on any atom is 0.322 e. The van der Waals surface area contributed by atoms with Gasteiger partial charge >= 0.3 is 5.97 Å². The molecule has 0 aromatic carbocycles. The Morgan fingerprint density at radius 1 is 2.00 bits per heavy atom. The van der Waals surface area contributed by atoms with Gasteiger partial charge in [-0.25, -0.2) is 0 Å². The number of carboxylic acid groups (broad SMARTS) is 1. The summed E-state index contributed by atoms with van der Waals surface area (Å²) < 4.78 is 0.453. The molecule has 0 rings (SSSR count). The number of carbonyl (C=O) groups is 1. The second-order valence-corrected chi connectivity index (χ2v) is 2.37. The lowest BCUT2D eigenvalue weighted by atomic mass is 10.5. The van der Waals surface area contributed by atoms with E-state index in [0.29, 0.717) is 4.43 Å². The third-order valence-corrected chi connectivity index (χ3v) is 2.15. The largest absolute Gasteiger partial charge is 0.480 e. The lowest BCUT2D eigenvalue weighted by Crippen LogP contribution is -2.13. The molecule has 0 saturated heterocycles. The number of halogens is 2. The Morgan fingerprint density at radius 3 is 2.43 bits per heavy atom. The molecule has 0 aliphatic carbocycles. The van der Waals surface area contributed by atoms with Crippen LogP contribution >= 0.6 is 34.2 Å². The molecule has 0 aromatic heterocycles. The Balaban J connectivity index is 3.34.